The fourth-order valence-corrected chi connectivity index (χ4v) is 2.21. The molecule has 1 aliphatic rings. The number of nitrogens with one attached hydrogen (secondary N) is 1. The van der Waals surface area contributed by atoms with Crippen LogP contribution in [0.5, 0.6) is 0 Å². The van der Waals surface area contributed by atoms with Crippen LogP contribution in [0.4, 0.5) is 0 Å². The van der Waals surface area contributed by atoms with Gasteiger partial charge in [-0.1, -0.05) is 33.6 Å². The van der Waals surface area contributed by atoms with Gasteiger partial charge < -0.3 is 4.90 Å². The van der Waals surface area contributed by atoms with Crippen molar-refractivity contribution >= 4 is 5.91 Å². The number of nitrogens with zero attached hydrogens (tertiary/aromatic N) is 1. The van der Waals surface area contributed by atoms with E-state index in [4.69, 9.17) is 0 Å². The number of carbonyl (C=O) groups is 1. The molecule has 1 saturated heterocycles. The lowest BCUT2D eigenvalue weighted by Crippen LogP contribution is -2.45. The molecule has 0 aromatic heterocycles. The third kappa shape index (κ3) is 2.71. The van der Waals surface area contributed by atoms with Gasteiger partial charge in [0.25, 0.3) is 0 Å². The molecule has 0 bridgehead atoms. The van der Waals surface area contributed by atoms with Gasteiger partial charge in [-0.15, -0.1) is 0 Å². The van der Waals surface area contributed by atoms with Crippen LogP contribution in [0.1, 0.15) is 47.0 Å². The van der Waals surface area contributed by atoms with Crippen molar-refractivity contribution in [3.8, 4) is 0 Å². The van der Waals surface area contributed by atoms with Gasteiger partial charge in [0.2, 0.25) is 5.91 Å². The maximum absolute atomic E-state index is 11.8. The lowest BCUT2D eigenvalue weighted by atomic mass is 9.98. The predicted molar refractivity (Wildman–Crippen MR) is 62.5 cm³/mol. The average molecular weight is 212 g/mol. The lowest BCUT2D eigenvalue weighted by molar-refractivity contribution is -0.131. The van der Waals surface area contributed by atoms with Crippen molar-refractivity contribution in [2.75, 3.05) is 6.54 Å². The average Bonchev–Trinajstić information content (AvgIpc) is 2.58. The van der Waals surface area contributed by atoms with E-state index in [1.54, 1.807) is 0 Å². The van der Waals surface area contributed by atoms with Crippen LogP contribution in [-0.4, -0.2) is 29.6 Å². The molecule has 3 nitrogen and oxygen atoms in total. The minimum atomic E-state index is 0.265. The Morgan fingerprint density at radius 2 is 2.13 bits per heavy atom. The summed E-state index contributed by atoms with van der Waals surface area (Å²) in [5.41, 5.74) is 0. The molecule has 15 heavy (non-hydrogen) atoms. The van der Waals surface area contributed by atoms with Gasteiger partial charge in [-0.2, -0.15) is 0 Å². The van der Waals surface area contributed by atoms with E-state index in [0.717, 1.165) is 19.3 Å². The molecule has 1 N–H and O–H groups in total. The highest BCUT2D eigenvalue weighted by atomic mass is 16.2. The Morgan fingerprint density at radius 3 is 2.67 bits per heavy atom. The number of hydrogen-bond acceptors (Lipinski definition) is 2. The Morgan fingerprint density at radius 1 is 1.47 bits per heavy atom. The molecule has 0 aromatic carbocycles. The third-order valence-electron chi connectivity index (χ3n) is 3.58. The number of carbonyl (C=O) groups excluding carboxylic acids is 1. The fraction of sp³-hybridized carbons (Fsp3) is 0.917. The van der Waals surface area contributed by atoms with Gasteiger partial charge in [0.15, 0.2) is 0 Å². The third-order valence-corrected chi connectivity index (χ3v) is 3.58. The van der Waals surface area contributed by atoms with Gasteiger partial charge in [0, 0.05) is 6.04 Å². The van der Waals surface area contributed by atoms with Crippen LogP contribution in [0, 0.1) is 5.92 Å². The van der Waals surface area contributed by atoms with E-state index >= 15 is 0 Å². The van der Waals surface area contributed by atoms with Crippen molar-refractivity contribution in [1.29, 1.82) is 0 Å². The van der Waals surface area contributed by atoms with Gasteiger partial charge >= 0.3 is 0 Å². The monoisotopic (exact) mass is 212 g/mol. The quantitative estimate of drug-likeness (QED) is 0.755. The van der Waals surface area contributed by atoms with E-state index in [1.165, 1.54) is 0 Å². The molecular formula is C12H24N2O. The van der Waals surface area contributed by atoms with E-state index in [1.807, 2.05) is 0 Å². The zero-order chi connectivity index (χ0) is 11.4. The van der Waals surface area contributed by atoms with Crippen LogP contribution < -0.4 is 5.32 Å². The molecule has 3 unspecified atom stereocenters. The molecule has 0 saturated carbocycles. The Labute approximate surface area is 93.2 Å². The zero-order valence-corrected chi connectivity index (χ0v) is 10.4. The molecule has 1 heterocycles. The second-order valence-corrected chi connectivity index (χ2v) is 4.61. The Hall–Kier alpha value is -0.570. The highest BCUT2D eigenvalue weighted by molar-refractivity contribution is 5.81. The minimum Gasteiger partial charge on any atom is -0.323 e. The highest BCUT2D eigenvalue weighted by Crippen LogP contribution is 2.21. The lowest BCUT2D eigenvalue weighted by Gasteiger charge is -2.33. The van der Waals surface area contributed by atoms with E-state index in [2.05, 4.69) is 37.9 Å². The molecule has 3 atom stereocenters. The first-order valence-electron chi connectivity index (χ1n) is 6.16. The molecule has 88 valence electrons. The molecule has 0 aromatic rings. The Bertz CT molecular complexity index is 218. The SMILES string of the molecule is CCCC1NCC(=O)N1C(C)C(C)CC. The number of hydrogen-bond donors (Lipinski definition) is 1. The summed E-state index contributed by atoms with van der Waals surface area (Å²) in [5, 5.41) is 3.29. The normalized spacial score (nSPS) is 25.7. The molecule has 0 spiro atoms. The molecule has 1 rings (SSSR count). The van der Waals surface area contributed by atoms with Gasteiger partial charge in [-0.05, 0) is 19.3 Å². The predicted octanol–water partition coefficient (Wildman–Crippen LogP) is 1.98. The first-order valence-corrected chi connectivity index (χ1v) is 6.16. The first-order chi connectivity index (χ1) is 7.11. The summed E-state index contributed by atoms with van der Waals surface area (Å²) in [7, 11) is 0. The second kappa shape index (κ2) is 5.50. The summed E-state index contributed by atoms with van der Waals surface area (Å²) >= 11 is 0. The summed E-state index contributed by atoms with van der Waals surface area (Å²) < 4.78 is 0. The molecule has 1 aliphatic heterocycles. The molecule has 1 amide bonds. The van der Waals surface area contributed by atoms with Crippen LogP contribution in [0.3, 0.4) is 0 Å². The highest BCUT2D eigenvalue weighted by Gasteiger charge is 2.34. The van der Waals surface area contributed by atoms with Crippen molar-refractivity contribution in [3.05, 3.63) is 0 Å². The van der Waals surface area contributed by atoms with Crippen molar-refractivity contribution in [2.45, 2.75) is 59.2 Å². The summed E-state index contributed by atoms with van der Waals surface area (Å²) in [6.45, 7) is 9.26. The number of amides is 1. The molecule has 1 fully saturated rings. The number of rotatable bonds is 5. The summed E-state index contributed by atoms with van der Waals surface area (Å²) in [4.78, 5) is 13.8. The van der Waals surface area contributed by atoms with Crippen LogP contribution >= 0.6 is 0 Å². The molecule has 0 radical (unpaired) electrons. The summed E-state index contributed by atoms with van der Waals surface area (Å²) in [6, 6.07) is 0.356. The van der Waals surface area contributed by atoms with Crippen LogP contribution in [0.25, 0.3) is 0 Å². The molecule has 0 aliphatic carbocycles. The van der Waals surface area contributed by atoms with Gasteiger partial charge in [0.1, 0.15) is 0 Å². The van der Waals surface area contributed by atoms with Crippen molar-refractivity contribution in [3.63, 3.8) is 0 Å². The van der Waals surface area contributed by atoms with Gasteiger partial charge in [-0.3, -0.25) is 10.1 Å². The maximum Gasteiger partial charge on any atom is 0.238 e. The standard InChI is InChI=1S/C12H24N2O/c1-5-7-11-13-8-12(15)14(11)10(4)9(3)6-2/h9-11,13H,5-8H2,1-4H3. The van der Waals surface area contributed by atoms with Crippen LogP contribution in [0.15, 0.2) is 0 Å². The smallest absolute Gasteiger partial charge is 0.238 e. The summed E-state index contributed by atoms with van der Waals surface area (Å²) in [5.74, 6) is 0.842. The fourth-order valence-electron chi connectivity index (χ4n) is 2.21. The van der Waals surface area contributed by atoms with Gasteiger partial charge in [-0.25, -0.2) is 0 Å². The maximum atomic E-state index is 11.8. The summed E-state index contributed by atoms with van der Waals surface area (Å²) in [6.07, 6.45) is 3.58. The van der Waals surface area contributed by atoms with Crippen molar-refractivity contribution in [1.82, 2.24) is 10.2 Å². The van der Waals surface area contributed by atoms with E-state index in [9.17, 15) is 4.79 Å². The first kappa shape index (κ1) is 12.5. The second-order valence-electron chi connectivity index (χ2n) is 4.61. The minimum absolute atomic E-state index is 0.265. The molecule has 3 heteroatoms. The Kier molecular flexibility index (Phi) is 4.58. The van der Waals surface area contributed by atoms with Crippen molar-refractivity contribution in [2.24, 2.45) is 5.92 Å². The van der Waals surface area contributed by atoms with Gasteiger partial charge in [0.05, 0.1) is 12.7 Å². The zero-order valence-electron chi connectivity index (χ0n) is 10.4. The topological polar surface area (TPSA) is 32.3 Å². The van der Waals surface area contributed by atoms with Crippen LogP contribution in [0.2, 0.25) is 0 Å². The Balaban J connectivity index is 2.66. The van der Waals surface area contributed by atoms with E-state index in [-0.39, 0.29) is 12.1 Å². The molecular weight excluding hydrogens is 188 g/mol. The largest absolute Gasteiger partial charge is 0.323 e. The van der Waals surface area contributed by atoms with Crippen LogP contribution in [-0.2, 0) is 4.79 Å². The van der Waals surface area contributed by atoms with E-state index in [0.29, 0.717) is 18.5 Å². The van der Waals surface area contributed by atoms with Crippen molar-refractivity contribution < 1.29 is 4.79 Å². The van der Waals surface area contributed by atoms with E-state index < -0.39 is 0 Å².